The van der Waals surface area contributed by atoms with E-state index in [0.717, 1.165) is 10.6 Å². The number of amides is 1. The normalized spacial score (nSPS) is 11.9. The average Bonchev–Trinajstić information content (AvgIpc) is 2.62. The number of halogens is 2. The van der Waals surface area contributed by atoms with Gasteiger partial charge in [0.2, 0.25) is 0 Å². The molecule has 1 heterocycles. The lowest BCUT2D eigenvalue weighted by Crippen LogP contribution is -2.31. The van der Waals surface area contributed by atoms with Gasteiger partial charge in [-0.3, -0.25) is 19.0 Å². The molecule has 0 bridgehead atoms. The van der Waals surface area contributed by atoms with Gasteiger partial charge in [0.15, 0.2) is 5.82 Å². The van der Waals surface area contributed by atoms with Crippen molar-refractivity contribution in [2.75, 3.05) is 18.2 Å². The predicted molar refractivity (Wildman–Crippen MR) is 98.2 cm³/mol. The van der Waals surface area contributed by atoms with E-state index in [2.05, 4.69) is 5.32 Å². The molecule has 1 aromatic carbocycles. The highest BCUT2D eigenvalue weighted by Crippen LogP contribution is 2.26. The number of rotatable bonds is 7. The number of nitrogens with one attached hydrogen (secondary N) is 2. The zero-order chi connectivity index (χ0) is 20.1. The Bertz CT molecular complexity index is 902. The second-order valence-corrected chi connectivity index (χ2v) is 6.56. The maximum Gasteiger partial charge on any atom is 0.287 e. The summed E-state index contributed by atoms with van der Waals surface area (Å²) in [6.07, 6.45) is 0.963. The zero-order valence-corrected chi connectivity index (χ0v) is 15.7. The van der Waals surface area contributed by atoms with E-state index in [1.54, 1.807) is 12.3 Å². The second-order valence-electron chi connectivity index (χ2n) is 5.68. The van der Waals surface area contributed by atoms with Gasteiger partial charge in [0.1, 0.15) is 18.2 Å². The van der Waals surface area contributed by atoms with Crippen LogP contribution in [0.25, 0.3) is 0 Å². The molecule has 1 atom stereocenters. The van der Waals surface area contributed by atoms with E-state index in [9.17, 15) is 18.4 Å². The Balaban J connectivity index is 2.41. The molecule has 0 aliphatic heterocycles. The summed E-state index contributed by atoms with van der Waals surface area (Å²) in [4.78, 5) is 29.7. The Hall–Kier alpha value is -2.43. The van der Waals surface area contributed by atoms with Crippen LogP contribution in [0.1, 0.15) is 17.3 Å². The summed E-state index contributed by atoms with van der Waals surface area (Å²) in [5.74, 6) is -2.73. The molecule has 2 rings (SSSR count). The molecule has 1 amide bonds. The van der Waals surface area contributed by atoms with Crippen LogP contribution >= 0.6 is 11.8 Å². The van der Waals surface area contributed by atoms with E-state index < -0.39 is 29.2 Å². The lowest BCUT2D eigenvalue weighted by molar-refractivity contribution is -0.00687. The van der Waals surface area contributed by atoms with Gasteiger partial charge in [0, 0.05) is 11.9 Å². The Morgan fingerprint density at radius 1 is 1.33 bits per heavy atom. The molecule has 27 heavy (non-hydrogen) atoms. The van der Waals surface area contributed by atoms with Gasteiger partial charge in [0.25, 0.3) is 11.5 Å². The molecular weight excluding hydrogens is 380 g/mol. The van der Waals surface area contributed by atoms with Crippen LogP contribution in [-0.2, 0) is 11.9 Å². The summed E-state index contributed by atoms with van der Waals surface area (Å²) in [7, 11) is 1.25. The maximum atomic E-state index is 14.3. The first-order valence-electron chi connectivity index (χ1n) is 7.84. The summed E-state index contributed by atoms with van der Waals surface area (Å²) in [6.45, 7) is 1.26. The number of nitrogens with zero attached hydrogens (tertiary/aromatic N) is 1. The van der Waals surface area contributed by atoms with Crippen molar-refractivity contribution < 1.29 is 23.5 Å². The Morgan fingerprint density at radius 2 is 2.04 bits per heavy atom. The van der Waals surface area contributed by atoms with Crippen LogP contribution in [0.5, 0.6) is 0 Å². The van der Waals surface area contributed by atoms with Crippen molar-refractivity contribution in [3.63, 3.8) is 0 Å². The largest absolute Gasteiger partial charge is 0.391 e. The van der Waals surface area contributed by atoms with E-state index in [0.29, 0.717) is 4.90 Å². The molecule has 0 radical (unpaired) electrons. The van der Waals surface area contributed by atoms with E-state index in [-0.39, 0.29) is 23.7 Å². The van der Waals surface area contributed by atoms with Gasteiger partial charge in [-0.15, -0.1) is 11.8 Å². The van der Waals surface area contributed by atoms with Gasteiger partial charge in [-0.1, -0.05) is 0 Å². The summed E-state index contributed by atoms with van der Waals surface area (Å²) >= 11 is 1.35. The van der Waals surface area contributed by atoms with Gasteiger partial charge in [0.05, 0.1) is 17.4 Å². The third kappa shape index (κ3) is 5.06. The molecule has 3 N–H and O–H groups in total. The van der Waals surface area contributed by atoms with Crippen molar-refractivity contribution in [1.82, 2.24) is 10.0 Å². The molecule has 0 aliphatic rings. The SMILES string of the molecule is CSc1ccc(Nc2c(C(=O)NOCC(C)O)cc(F)c(=O)n2C)c(F)c1. The summed E-state index contributed by atoms with van der Waals surface area (Å²) < 4.78 is 29.0. The smallest absolute Gasteiger partial charge is 0.287 e. The summed E-state index contributed by atoms with van der Waals surface area (Å²) in [6, 6.07) is 5.13. The molecule has 10 heteroatoms. The lowest BCUT2D eigenvalue weighted by Gasteiger charge is -2.17. The molecule has 146 valence electrons. The van der Waals surface area contributed by atoms with Gasteiger partial charge < -0.3 is 10.4 Å². The molecule has 0 spiro atoms. The van der Waals surface area contributed by atoms with Crippen molar-refractivity contribution in [1.29, 1.82) is 0 Å². The Kier molecular flexibility index (Phi) is 6.94. The molecule has 0 fully saturated rings. The fraction of sp³-hybridized carbons (Fsp3) is 0.294. The van der Waals surface area contributed by atoms with E-state index in [1.165, 1.54) is 37.9 Å². The van der Waals surface area contributed by atoms with Crippen LogP contribution in [0, 0.1) is 11.6 Å². The highest BCUT2D eigenvalue weighted by molar-refractivity contribution is 7.98. The van der Waals surface area contributed by atoms with Crippen LogP contribution in [-0.4, -0.2) is 34.5 Å². The minimum atomic E-state index is -1.15. The molecule has 0 saturated carbocycles. The standard InChI is InChI=1S/C17H19F2N3O4S/c1-9(23)8-26-21-16(24)11-7-13(19)17(25)22(2)15(11)20-14-5-4-10(27-3)6-12(14)18/h4-7,9,20,23H,8H2,1-3H3,(H,21,24). The van der Waals surface area contributed by atoms with E-state index >= 15 is 0 Å². The first-order chi connectivity index (χ1) is 12.7. The minimum absolute atomic E-state index is 0.00774. The van der Waals surface area contributed by atoms with Gasteiger partial charge in [-0.2, -0.15) is 0 Å². The monoisotopic (exact) mass is 399 g/mol. The van der Waals surface area contributed by atoms with Crippen LogP contribution in [0.15, 0.2) is 34.0 Å². The van der Waals surface area contributed by atoms with E-state index in [1.807, 2.05) is 5.48 Å². The van der Waals surface area contributed by atoms with Gasteiger partial charge >= 0.3 is 0 Å². The number of thioether (sulfide) groups is 1. The molecule has 7 nitrogen and oxygen atoms in total. The summed E-state index contributed by atoms with van der Waals surface area (Å²) in [5.41, 5.74) is 0.797. The summed E-state index contributed by atoms with van der Waals surface area (Å²) in [5, 5.41) is 11.8. The third-order valence-electron chi connectivity index (χ3n) is 3.53. The number of carbonyl (C=O) groups is 1. The Labute approximate surface area is 158 Å². The number of anilines is 2. The van der Waals surface area contributed by atoms with Crippen LogP contribution in [0.3, 0.4) is 0 Å². The second kappa shape index (κ2) is 8.98. The molecular formula is C17H19F2N3O4S. The predicted octanol–water partition coefficient (Wildman–Crippen LogP) is 2.17. The molecule has 0 saturated heterocycles. The van der Waals surface area contributed by atoms with Crippen molar-refractivity contribution >= 4 is 29.2 Å². The zero-order valence-electron chi connectivity index (χ0n) is 14.9. The quantitative estimate of drug-likeness (QED) is 0.488. The molecule has 0 aliphatic carbocycles. The number of pyridine rings is 1. The number of hydrogen-bond acceptors (Lipinski definition) is 6. The van der Waals surface area contributed by atoms with Crippen molar-refractivity contribution in [2.24, 2.45) is 7.05 Å². The maximum absolute atomic E-state index is 14.3. The Morgan fingerprint density at radius 3 is 2.63 bits per heavy atom. The molecule has 1 aromatic heterocycles. The molecule has 2 aromatic rings. The first kappa shape index (κ1) is 20.9. The minimum Gasteiger partial charge on any atom is -0.391 e. The van der Waals surface area contributed by atoms with Gasteiger partial charge in [-0.25, -0.2) is 14.3 Å². The highest BCUT2D eigenvalue weighted by Gasteiger charge is 2.20. The number of aromatic nitrogens is 1. The van der Waals surface area contributed by atoms with E-state index in [4.69, 9.17) is 9.94 Å². The lowest BCUT2D eigenvalue weighted by atomic mass is 10.2. The fourth-order valence-corrected chi connectivity index (χ4v) is 2.58. The first-order valence-corrected chi connectivity index (χ1v) is 9.07. The number of hydrogen-bond donors (Lipinski definition) is 3. The number of benzene rings is 1. The number of hydroxylamine groups is 1. The van der Waals surface area contributed by atoms with Crippen molar-refractivity contribution in [2.45, 2.75) is 17.9 Å². The van der Waals surface area contributed by atoms with Crippen molar-refractivity contribution in [3.05, 3.63) is 51.8 Å². The van der Waals surface area contributed by atoms with Gasteiger partial charge in [-0.05, 0) is 37.4 Å². The number of carbonyl (C=O) groups excluding carboxylic acids is 1. The van der Waals surface area contributed by atoms with Crippen LogP contribution in [0.4, 0.5) is 20.3 Å². The third-order valence-corrected chi connectivity index (χ3v) is 4.26. The highest BCUT2D eigenvalue weighted by atomic mass is 32.2. The number of aliphatic hydroxyl groups is 1. The van der Waals surface area contributed by atoms with Crippen LogP contribution in [0.2, 0.25) is 0 Å². The van der Waals surface area contributed by atoms with Crippen molar-refractivity contribution in [3.8, 4) is 0 Å². The molecule has 1 unspecified atom stereocenters. The topological polar surface area (TPSA) is 92.6 Å². The average molecular weight is 399 g/mol. The fourth-order valence-electron chi connectivity index (χ4n) is 2.16. The van der Waals surface area contributed by atoms with Crippen LogP contribution < -0.4 is 16.4 Å². The number of aliphatic hydroxyl groups excluding tert-OH is 1.